The van der Waals surface area contributed by atoms with Gasteiger partial charge in [0.25, 0.3) is 0 Å². The molecular weight excluding hydrogens is 238 g/mol. The zero-order valence-corrected chi connectivity index (χ0v) is 11.2. The standard InChI is InChI=1S/C14H19N5/c1-19-8-7-18-14(19)13-12(16-5-6-17-13)9-11-3-2-4-15-10-11/h5-8,11,15H,2-4,9-10H2,1H3. The number of imidazole rings is 1. The Hall–Kier alpha value is -1.75. The first kappa shape index (κ1) is 12.3. The van der Waals surface area contributed by atoms with Crippen LogP contribution in [0.4, 0.5) is 0 Å². The van der Waals surface area contributed by atoms with Gasteiger partial charge in [-0.1, -0.05) is 0 Å². The maximum absolute atomic E-state index is 4.53. The molecule has 0 bridgehead atoms. The molecule has 1 N–H and O–H groups in total. The first-order chi connectivity index (χ1) is 9.34. The van der Waals surface area contributed by atoms with Crippen LogP contribution in [-0.4, -0.2) is 32.6 Å². The molecule has 0 aliphatic carbocycles. The summed E-state index contributed by atoms with van der Waals surface area (Å²) in [6.07, 6.45) is 10.8. The zero-order valence-electron chi connectivity index (χ0n) is 11.2. The monoisotopic (exact) mass is 257 g/mol. The summed E-state index contributed by atoms with van der Waals surface area (Å²) in [5, 5.41) is 3.45. The summed E-state index contributed by atoms with van der Waals surface area (Å²) in [5.74, 6) is 1.55. The second-order valence-electron chi connectivity index (χ2n) is 5.13. The third kappa shape index (κ3) is 2.66. The number of hydrogen-bond acceptors (Lipinski definition) is 4. The van der Waals surface area contributed by atoms with Crippen LogP contribution < -0.4 is 5.32 Å². The largest absolute Gasteiger partial charge is 0.333 e. The summed E-state index contributed by atoms with van der Waals surface area (Å²) in [6, 6.07) is 0. The molecular formula is C14H19N5. The first-order valence-electron chi connectivity index (χ1n) is 6.83. The summed E-state index contributed by atoms with van der Waals surface area (Å²) >= 11 is 0. The van der Waals surface area contributed by atoms with Crippen molar-refractivity contribution in [2.24, 2.45) is 13.0 Å². The van der Waals surface area contributed by atoms with E-state index in [0.717, 1.165) is 36.7 Å². The molecule has 3 rings (SSSR count). The lowest BCUT2D eigenvalue weighted by molar-refractivity contribution is 0.373. The van der Waals surface area contributed by atoms with Crippen molar-refractivity contribution in [1.29, 1.82) is 0 Å². The van der Waals surface area contributed by atoms with Crippen LogP contribution in [0.2, 0.25) is 0 Å². The third-order valence-corrected chi connectivity index (χ3v) is 3.69. The van der Waals surface area contributed by atoms with Crippen LogP contribution in [0.3, 0.4) is 0 Å². The lowest BCUT2D eigenvalue weighted by Crippen LogP contribution is -2.31. The van der Waals surface area contributed by atoms with Crippen molar-refractivity contribution < 1.29 is 0 Å². The maximum Gasteiger partial charge on any atom is 0.160 e. The predicted octanol–water partition coefficient (Wildman–Crippen LogP) is 1.42. The zero-order chi connectivity index (χ0) is 13.1. The molecule has 5 nitrogen and oxygen atoms in total. The van der Waals surface area contributed by atoms with Crippen molar-refractivity contribution in [3.63, 3.8) is 0 Å². The highest BCUT2D eigenvalue weighted by Gasteiger charge is 2.18. The van der Waals surface area contributed by atoms with E-state index in [1.54, 1.807) is 18.6 Å². The number of hydrogen-bond donors (Lipinski definition) is 1. The van der Waals surface area contributed by atoms with Crippen molar-refractivity contribution in [2.45, 2.75) is 19.3 Å². The summed E-state index contributed by atoms with van der Waals surface area (Å²) in [6.45, 7) is 2.22. The van der Waals surface area contributed by atoms with E-state index in [1.165, 1.54) is 12.8 Å². The molecule has 1 aliphatic heterocycles. The van der Waals surface area contributed by atoms with Crippen LogP contribution in [0.1, 0.15) is 18.5 Å². The number of aryl methyl sites for hydroxylation is 1. The molecule has 1 saturated heterocycles. The van der Waals surface area contributed by atoms with Gasteiger partial charge < -0.3 is 9.88 Å². The molecule has 0 spiro atoms. The SMILES string of the molecule is Cn1ccnc1-c1nccnc1CC1CCCNC1. The Bertz CT molecular complexity index is 542. The first-order valence-corrected chi connectivity index (χ1v) is 6.83. The van der Waals surface area contributed by atoms with Gasteiger partial charge in [0.2, 0.25) is 0 Å². The average molecular weight is 257 g/mol. The Kier molecular flexibility index (Phi) is 3.55. The second-order valence-corrected chi connectivity index (χ2v) is 5.13. The minimum absolute atomic E-state index is 0.657. The number of rotatable bonds is 3. The fourth-order valence-electron chi connectivity index (χ4n) is 2.67. The summed E-state index contributed by atoms with van der Waals surface area (Å²) in [7, 11) is 1.99. The molecule has 2 aromatic heterocycles. The topological polar surface area (TPSA) is 55.6 Å². The molecule has 1 atom stereocenters. The van der Waals surface area contributed by atoms with Crippen molar-refractivity contribution in [2.75, 3.05) is 13.1 Å². The Labute approximate surface area is 113 Å². The quantitative estimate of drug-likeness (QED) is 0.903. The maximum atomic E-state index is 4.53. The van der Waals surface area contributed by atoms with Gasteiger partial charge in [-0.05, 0) is 38.3 Å². The van der Waals surface area contributed by atoms with Gasteiger partial charge in [0.05, 0.1) is 5.69 Å². The minimum Gasteiger partial charge on any atom is -0.333 e. The third-order valence-electron chi connectivity index (χ3n) is 3.69. The van der Waals surface area contributed by atoms with Crippen molar-refractivity contribution in [1.82, 2.24) is 24.8 Å². The van der Waals surface area contributed by atoms with Gasteiger partial charge in [-0.2, -0.15) is 0 Å². The number of nitrogens with one attached hydrogen (secondary N) is 1. The predicted molar refractivity (Wildman–Crippen MR) is 73.5 cm³/mol. The lowest BCUT2D eigenvalue weighted by Gasteiger charge is -2.22. The number of aromatic nitrogens is 4. The van der Waals surface area contributed by atoms with Crippen molar-refractivity contribution in [3.05, 3.63) is 30.5 Å². The second kappa shape index (κ2) is 5.48. The molecule has 1 unspecified atom stereocenters. The van der Waals surface area contributed by atoms with E-state index in [1.807, 2.05) is 17.8 Å². The van der Waals surface area contributed by atoms with Crippen LogP contribution in [0.15, 0.2) is 24.8 Å². The molecule has 100 valence electrons. The highest BCUT2D eigenvalue weighted by molar-refractivity contribution is 5.52. The van der Waals surface area contributed by atoms with Gasteiger partial charge in [0.15, 0.2) is 5.82 Å². The van der Waals surface area contributed by atoms with E-state index in [2.05, 4.69) is 20.3 Å². The molecule has 1 aliphatic rings. The van der Waals surface area contributed by atoms with Crippen molar-refractivity contribution in [3.8, 4) is 11.5 Å². The van der Waals surface area contributed by atoms with E-state index >= 15 is 0 Å². The molecule has 0 saturated carbocycles. The molecule has 5 heteroatoms. The Morgan fingerprint density at radius 2 is 2.16 bits per heavy atom. The Morgan fingerprint density at radius 3 is 2.89 bits per heavy atom. The van der Waals surface area contributed by atoms with Crippen LogP contribution in [0.5, 0.6) is 0 Å². The Balaban J connectivity index is 1.87. The van der Waals surface area contributed by atoms with E-state index in [4.69, 9.17) is 0 Å². The average Bonchev–Trinajstić information content (AvgIpc) is 2.87. The lowest BCUT2D eigenvalue weighted by atomic mass is 9.94. The molecule has 0 amide bonds. The fourth-order valence-corrected chi connectivity index (χ4v) is 2.67. The van der Waals surface area contributed by atoms with Crippen LogP contribution >= 0.6 is 0 Å². The number of nitrogens with zero attached hydrogens (tertiary/aromatic N) is 4. The number of piperidine rings is 1. The molecule has 19 heavy (non-hydrogen) atoms. The Morgan fingerprint density at radius 1 is 1.26 bits per heavy atom. The van der Waals surface area contributed by atoms with E-state index in [0.29, 0.717) is 5.92 Å². The van der Waals surface area contributed by atoms with Crippen LogP contribution in [-0.2, 0) is 13.5 Å². The van der Waals surface area contributed by atoms with Gasteiger partial charge in [-0.15, -0.1) is 0 Å². The van der Waals surface area contributed by atoms with Gasteiger partial charge in [0, 0.05) is 31.8 Å². The van der Waals surface area contributed by atoms with Gasteiger partial charge >= 0.3 is 0 Å². The van der Waals surface area contributed by atoms with E-state index < -0.39 is 0 Å². The smallest absolute Gasteiger partial charge is 0.160 e. The molecule has 2 aromatic rings. The highest BCUT2D eigenvalue weighted by atomic mass is 15.1. The van der Waals surface area contributed by atoms with Gasteiger partial charge in [0.1, 0.15) is 5.69 Å². The summed E-state index contributed by atoms with van der Waals surface area (Å²) < 4.78 is 1.99. The normalized spacial score (nSPS) is 19.5. The summed E-state index contributed by atoms with van der Waals surface area (Å²) in [5.41, 5.74) is 1.98. The summed E-state index contributed by atoms with van der Waals surface area (Å²) in [4.78, 5) is 13.4. The van der Waals surface area contributed by atoms with Crippen molar-refractivity contribution >= 4 is 0 Å². The van der Waals surface area contributed by atoms with Gasteiger partial charge in [-0.25, -0.2) is 9.97 Å². The van der Waals surface area contributed by atoms with Gasteiger partial charge in [-0.3, -0.25) is 4.98 Å². The van der Waals surface area contributed by atoms with E-state index in [-0.39, 0.29) is 0 Å². The van der Waals surface area contributed by atoms with E-state index in [9.17, 15) is 0 Å². The molecule has 0 radical (unpaired) electrons. The van der Waals surface area contributed by atoms with Crippen LogP contribution in [0.25, 0.3) is 11.5 Å². The molecule has 0 aromatic carbocycles. The highest BCUT2D eigenvalue weighted by Crippen LogP contribution is 2.22. The molecule has 3 heterocycles. The fraction of sp³-hybridized carbons (Fsp3) is 0.500. The minimum atomic E-state index is 0.657. The molecule has 1 fully saturated rings. The van der Waals surface area contributed by atoms with Crippen LogP contribution in [0, 0.1) is 5.92 Å².